The Kier molecular flexibility index (Phi) is 3.51. The predicted octanol–water partition coefficient (Wildman–Crippen LogP) is 2.92. The van der Waals surface area contributed by atoms with Crippen LogP contribution in [-0.4, -0.2) is 11.9 Å². The Hall–Kier alpha value is -1.31. The van der Waals surface area contributed by atoms with Gasteiger partial charge in [0.1, 0.15) is 0 Å². The fourth-order valence-corrected chi connectivity index (χ4v) is 2.84. The van der Waals surface area contributed by atoms with Gasteiger partial charge in [-0.2, -0.15) is 0 Å². The van der Waals surface area contributed by atoms with Crippen LogP contribution in [-0.2, 0) is 11.2 Å². The molecule has 17 heavy (non-hydrogen) atoms. The van der Waals surface area contributed by atoms with E-state index in [1.54, 1.807) is 0 Å². The Morgan fingerprint density at radius 1 is 1.35 bits per heavy atom. The van der Waals surface area contributed by atoms with Crippen LogP contribution in [0.25, 0.3) is 0 Å². The third-order valence-electron chi connectivity index (χ3n) is 3.98. The number of aryl methyl sites for hydroxylation is 1. The molecule has 2 atom stereocenters. The largest absolute Gasteiger partial charge is 0.353 e. The van der Waals surface area contributed by atoms with Crippen LogP contribution in [0.4, 0.5) is 0 Å². The summed E-state index contributed by atoms with van der Waals surface area (Å²) in [6.45, 7) is 4.39. The van der Waals surface area contributed by atoms with Crippen molar-refractivity contribution in [3.63, 3.8) is 0 Å². The second-order valence-electron chi connectivity index (χ2n) is 5.34. The van der Waals surface area contributed by atoms with E-state index in [2.05, 4.69) is 43.4 Å². The molecule has 0 aliphatic carbocycles. The van der Waals surface area contributed by atoms with E-state index in [1.807, 2.05) is 6.07 Å². The molecule has 0 aromatic heterocycles. The van der Waals surface area contributed by atoms with Crippen molar-refractivity contribution in [3.05, 3.63) is 35.9 Å². The summed E-state index contributed by atoms with van der Waals surface area (Å²) in [4.78, 5) is 11.5. The van der Waals surface area contributed by atoms with Crippen molar-refractivity contribution in [2.24, 2.45) is 5.41 Å². The minimum Gasteiger partial charge on any atom is -0.353 e. The standard InChI is InChI=1S/C15H21NO/c1-3-13-15(2,11-14(17)16-13)10-9-12-7-5-4-6-8-12/h4-8,13H,3,9-11H2,1-2H3,(H,16,17). The zero-order valence-electron chi connectivity index (χ0n) is 10.7. The van der Waals surface area contributed by atoms with Gasteiger partial charge in [0.25, 0.3) is 0 Å². The van der Waals surface area contributed by atoms with Crippen molar-refractivity contribution in [2.75, 3.05) is 0 Å². The van der Waals surface area contributed by atoms with Gasteiger partial charge in [-0.05, 0) is 30.2 Å². The number of carbonyl (C=O) groups excluding carboxylic acids is 1. The van der Waals surface area contributed by atoms with E-state index in [9.17, 15) is 4.79 Å². The van der Waals surface area contributed by atoms with Gasteiger partial charge in [0.15, 0.2) is 0 Å². The Morgan fingerprint density at radius 3 is 2.71 bits per heavy atom. The van der Waals surface area contributed by atoms with Gasteiger partial charge < -0.3 is 5.32 Å². The maximum atomic E-state index is 11.5. The van der Waals surface area contributed by atoms with Crippen molar-refractivity contribution < 1.29 is 4.79 Å². The number of rotatable bonds is 4. The Labute approximate surface area is 103 Å². The normalized spacial score (nSPS) is 28.1. The van der Waals surface area contributed by atoms with E-state index >= 15 is 0 Å². The van der Waals surface area contributed by atoms with Gasteiger partial charge in [-0.15, -0.1) is 0 Å². The highest BCUT2D eigenvalue weighted by Crippen LogP contribution is 2.37. The summed E-state index contributed by atoms with van der Waals surface area (Å²) in [5.74, 6) is 0.215. The summed E-state index contributed by atoms with van der Waals surface area (Å²) in [5.41, 5.74) is 1.49. The summed E-state index contributed by atoms with van der Waals surface area (Å²) in [7, 11) is 0. The van der Waals surface area contributed by atoms with Crippen LogP contribution in [0, 0.1) is 5.41 Å². The topological polar surface area (TPSA) is 29.1 Å². The van der Waals surface area contributed by atoms with Crippen molar-refractivity contribution in [2.45, 2.75) is 45.6 Å². The lowest BCUT2D eigenvalue weighted by Gasteiger charge is -2.29. The quantitative estimate of drug-likeness (QED) is 0.848. The van der Waals surface area contributed by atoms with Crippen molar-refractivity contribution in [1.29, 1.82) is 0 Å². The van der Waals surface area contributed by atoms with Crippen molar-refractivity contribution >= 4 is 5.91 Å². The van der Waals surface area contributed by atoms with Gasteiger partial charge in [-0.3, -0.25) is 4.79 Å². The summed E-state index contributed by atoms with van der Waals surface area (Å²) in [6, 6.07) is 10.9. The number of amides is 1. The molecule has 1 N–H and O–H groups in total. The van der Waals surface area contributed by atoms with E-state index in [-0.39, 0.29) is 11.3 Å². The Balaban J connectivity index is 2.00. The molecule has 1 aliphatic heterocycles. The van der Waals surface area contributed by atoms with Crippen LogP contribution in [0.2, 0.25) is 0 Å². The molecule has 0 radical (unpaired) electrons. The van der Waals surface area contributed by atoms with Gasteiger partial charge in [-0.1, -0.05) is 44.2 Å². The summed E-state index contributed by atoms with van der Waals surface area (Å²) < 4.78 is 0. The smallest absolute Gasteiger partial charge is 0.220 e. The van der Waals surface area contributed by atoms with E-state index < -0.39 is 0 Å². The summed E-state index contributed by atoms with van der Waals surface area (Å²) >= 11 is 0. The van der Waals surface area contributed by atoms with Crippen LogP contribution in [0.15, 0.2) is 30.3 Å². The van der Waals surface area contributed by atoms with Crippen molar-refractivity contribution in [3.8, 4) is 0 Å². The van der Waals surface area contributed by atoms with E-state index in [0.717, 1.165) is 19.3 Å². The van der Waals surface area contributed by atoms with Crippen LogP contribution >= 0.6 is 0 Å². The molecule has 1 amide bonds. The van der Waals surface area contributed by atoms with E-state index in [0.29, 0.717) is 12.5 Å². The van der Waals surface area contributed by atoms with Crippen LogP contribution < -0.4 is 5.32 Å². The third-order valence-corrected chi connectivity index (χ3v) is 3.98. The number of hydrogen-bond acceptors (Lipinski definition) is 1. The van der Waals surface area contributed by atoms with Gasteiger partial charge in [0.05, 0.1) is 0 Å². The minimum atomic E-state index is 0.127. The molecule has 0 saturated carbocycles. The molecule has 0 spiro atoms. The lowest BCUT2D eigenvalue weighted by atomic mass is 9.76. The first-order valence-corrected chi connectivity index (χ1v) is 6.47. The summed E-state index contributed by atoms with van der Waals surface area (Å²) in [6.07, 6.45) is 3.84. The van der Waals surface area contributed by atoms with E-state index in [1.165, 1.54) is 5.56 Å². The molecule has 1 aromatic rings. The van der Waals surface area contributed by atoms with Gasteiger partial charge in [0.2, 0.25) is 5.91 Å². The molecule has 1 aromatic carbocycles. The van der Waals surface area contributed by atoms with Crippen molar-refractivity contribution in [1.82, 2.24) is 5.32 Å². The minimum absolute atomic E-state index is 0.127. The third kappa shape index (κ3) is 2.68. The lowest BCUT2D eigenvalue weighted by Crippen LogP contribution is -2.34. The zero-order chi connectivity index (χ0) is 12.3. The van der Waals surface area contributed by atoms with Crippen LogP contribution in [0.1, 0.15) is 38.7 Å². The van der Waals surface area contributed by atoms with Gasteiger partial charge in [-0.25, -0.2) is 0 Å². The zero-order valence-corrected chi connectivity index (χ0v) is 10.7. The molecule has 2 nitrogen and oxygen atoms in total. The number of carbonyl (C=O) groups is 1. The average molecular weight is 231 g/mol. The molecule has 2 rings (SSSR count). The Bertz CT molecular complexity index is 387. The second-order valence-corrected chi connectivity index (χ2v) is 5.34. The highest BCUT2D eigenvalue weighted by molar-refractivity contribution is 5.79. The molecule has 0 bridgehead atoms. The van der Waals surface area contributed by atoms with Gasteiger partial charge in [0, 0.05) is 12.5 Å². The molecule has 92 valence electrons. The molecule has 2 unspecified atom stereocenters. The first kappa shape index (κ1) is 12.2. The number of hydrogen-bond donors (Lipinski definition) is 1. The Morgan fingerprint density at radius 2 is 2.06 bits per heavy atom. The first-order chi connectivity index (χ1) is 8.14. The lowest BCUT2D eigenvalue weighted by molar-refractivity contribution is -0.119. The maximum Gasteiger partial charge on any atom is 0.220 e. The first-order valence-electron chi connectivity index (χ1n) is 6.47. The molecule has 1 aliphatic rings. The predicted molar refractivity (Wildman–Crippen MR) is 69.7 cm³/mol. The fourth-order valence-electron chi connectivity index (χ4n) is 2.84. The number of nitrogens with one attached hydrogen (secondary N) is 1. The SMILES string of the molecule is CCC1NC(=O)CC1(C)CCc1ccccc1. The maximum absolute atomic E-state index is 11.5. The van der Waals surface area contributed by atoms with Gasteiger partial charge >= 0.3 is 0 Å². The molecule has 1 saturated heterocycles. The van der Waals surface area contributed by atoms with E-state index in [4.69, 9.17) is 0 Å². The molecule has 1 heterocycles. The molecular formula is C15H21NO. The molecule has 1 fully saturated rings. The second kappa shape index (κ2) is 4.91. The summed E-state index contributed by atoms with van der Waals surface area (Å²) in [5, 5.41) is 3.09. The molecular weight excluding hydrogens is 210 g/mol. The van der Waals surface area contributed by atoms with Crippen LogP contribution in [0.5, 0.6) is 0 Å². The average Bonchev–Trinajstić information content (AvgIpc) is 2.63. The highest BCUT2D eigenvalue weighted by Gasteiger charge is 2.41. The number of benzene rings is 1. The van der Waals surface area contributed by atoms with Crippen LogP contribution in [0.3, 0.4) is 0 Å². The monoisotopic (exact) mass is 231 g/mol. The fraction of sp³-hybridized carbons (Fsp3) is 0.533. The molecule has 2 heteroatoms. The highest BCUT2D eigenvalue weighted by atomic mass is 16.2.